The highest BCUT2D eigenvalue weighted by Gasteiger charge is 2.21. The third-order valence-electron chi connectivity index (χ3n) is 8.19. The molecule has 0 heteroatoms. The molecule has 0 aliphatic heterocycles. The standard InChI is InChI=1S/C36H20/c1-2-6-23-12-25-14-27-16-29-18-31-20-35-33-10-4-8-21-7-3-9-32(36(21)33)34(35)19-30(31)17-28(29)15-26(27)13-24(25)11-22(23)5-1/h1-20H. The van der Waals surface area contributed by atoms with Gasteiger partial charge in [-0.15, -0.1) is 0 Å². The zero-order chi connectivity index (χ0) is 23.4. The van der Waals surface area contributed by atoms with Crippen LogP contribution < -0.4 is 0 Å². The highest BCUT2D eigenvalue weighted by Crippen LogP contribution is 2.48. The average Bonchev–Trinajstić information content (AvgIpc) is 3.21. The van der Waals surface area contributed by atoms with Crippen LogP contribution in [0.4, 0.5) is 0 Å². The lowest BCUT2D eigenvalue weighted by Crippen LogP contribution is -1.83. The Labute approximate surface area is 208 Å². The molecule has 36 heavy (non-hydrogen) atoms. The Morgan fingerprint density at radius 1 is 0.222 bits per heavy atom. The summed E-state index contributed by atoms with van der Waals surface area (Å²) < 4.78 is 0. The highest BCUT2D eigenvalue weighted by atomic mass is 14.2. The van der Waals surface area contributed by atoms with Crippen LogP contribution in [0, 0.1) is 0 Å². The maximum atomic E-state index is 2.40. The monoisotopic (exact) mass is 452 g/mol. The van der Waals surface area contributed by atoms with Crippen molar-refractivity contribution in [2.75, 3.05) is 0 Å². The van der Waals surface area contributed by atoms with E-state index >= 15 is 0 Å². The van der Waals surface area contributed by atoms with E-state index in [1.165, 1.54) is 86.9 Å². The van der Waals surface area contributed by atoms with E-state index in [-0.39, 0.29) is 0 Å². The zero-order valence-corrected chi connectivity index (χ0v) is 19.5. The summed E-state index contributed by atoms with van der Waals surface area (Å²) in [4.78, 5) is 0. The van der Waals surface area contributed by atoms with Gasteiger partial charge in [0.25, 0.3) is 0 Å². The third kappa shape index (κ3) is 2.43. The number of hydrogen-bond donors (Lipinski definition) is 0. The number of fused-ring (bicyclic) bond motifs is 8. The lowest BCUT2D eigenvalue weighted by atomic mass is 9.94. The second-order valence-corrected chi connectivity index (χ2v) is 10.3. The van der Waals surface area contributed by atoms with Crippen molar-refractivity contribution in [1.29, 1.82) is 0 Å². The molecule has 1 aliphatic rings. The second-order valence-electron chi connectivity index (χ2n) is 10.3. The van der Waals surface area contributed by atoms with Crippen LogP contribution in [0.25, 0.3) is 86.9 Å². The summed E-state index contributed by atoms with van der Waals surface area (Å²) in [5.74, 6) is 0. The van der Waals surface area contributed by atoms with Crippen molar-refractivity contribution in [1.82, 2.24) is 0 Å². The van der Waals surface area contributed by atoms with Gasteiger partial charge in [0.1, 0.15) is 0 Å². The lowest BCUT2D eigenvalue weighted by Gasteiger charge is -2.10. The van der Waals surface area contributed by atoms with Crippen molar-refractivity contribution in [3.8, 4) is 22.3 Å². The van der Waals surface area contributed by atoms with Crippen molar-refractivity contribution < 1.29 is 0 Å². The molecule has 0 nitrogen and oxygen atoms in total. The molecule has 0 aromatic heterocycles. The average molecular weight is 453 g/mol. The summed E-state index contributed by atoms with van der Waals surface area (Å²) in [6, 6.07) is 45.6. The Morgan fingerprint density at radius 2 is 0.556 bits per heavy atom. The van der Waals surface area contributed by atoms with Crippen LogP contribution in [0.15, 0.2) is 121 Å². The van der Waals surface area contributed by atoms with Crippen molar-refractivity contribution in [2.45, 2.75) is 0 Å². The molecule has 8 aromatic carbocycles. The Morgan fingerprint density at radius 3 is 0.972 bits per heavy atom. The molecule has 0 heterocycles. The normalized spacial score (nSPS) is 12.4. The summed E-state index contributed by atoms with van der Waals surface area (Å²) in [6.45, 7) is 0. The molecule has 0 radical (unpaired) electrons. The Balaban J connectivity index is 1.32. The van der Waals surface area contributed by atoms with Crippen LogP contribution in [0.1, 0.15) is 0 Å². The van der Waals surface area contributed by atoms with E-state index in [2.05, 4.69) is 121 Å². The quantitative estimate of drug-likeness (QED) is 0.201. The van der Waals surface area contributed by atoms with Crippen molar-refractivity contribution in [3.05, 3.63) is 121 Å². The van der Waals surface area contributed by atoms with Crippen molar-refractivity contribution >= 4 is 64.6 Å². The number of hydrogen-bond acceptors (Lipinski definition) is 0. The van der Waals surface area contributed by atoms with Gasteiger partial charge >= 0.3 is 0 Å². The summed E-state index contributed by atoms with van der Waals surface area (Å²) in [5.41, 5.74) is 5.43. The van der Waals surface area contributed by atoms with Crippen LogP contribution in [-0.4, -0.2) is 0 Å². The molecule has 0 N–H and O–H groups in total. The van der Waals surface area contributed by atoms with Crippen molar-refractivity contribution in [2.24, 2.45) is 0 Å². The smallest absolute Gasteiger partial charge is 0.00264 e. The lowest BCUT2D eigenvalue weighted by molar-refractivity contribution is 1.75. The van der Waals surface area contributed by atoms with Gasteiger partial charge in [-0.2, -0.15) is 0 Å². The second kappa shape index (κ2) is 6.50. The van der Waals surface area contributed by atoms with E-state index in [4.69, 9.17) is 0 Å². The minimum atomic E-state index is 1.29. The highest BCUT2D eigenvalue weighted by molar-refractivity contribution is 6.18. The van der Waals surface area contributed by atoms with Gasteiger partial charge in [-0.1, -0.05) is 60.7 Å². The molecule has 0 atom stereocenters. The van der Waals surface area contributed by atoms with Crippen LogP contribution in [0.2, 0.25) is 0 Å². The molecule has 0 fully saturated rings. The Kier molecular flexibility index (Phi) is 3.36. The van der Waals surface area contributed by atoms with E-state index in [1.54, 1.807) is 0 Å². The predicted molar refractivity (Wildman–Crippen MR) is 156 cm³/mol. The fourth-order valence-electron chi connectivity index (χ4n) is 6.48. The molecular formula is C36H20. The van der Waals surface area contributed by atoms with Gasteiger partial charge in [0.2, 0.25) is 0 Å². The van der Waals surface area contributed by atoms with Crippen LogP contribution in [-0.2, 0) is 0 Å². The van der Waals surface area contributed by atoms with E-state index in [0.29, 0.717) is 0 Å². The first-order chi connectivity index (χ1) is 17.8. The fraction of sp³-hybridized carbons (Fsp3) is 0. The minimum Gasteiger partial charge on any atom is -0.0616 e. The SMILES string of the molecule is c1ccc2cc3cc4cc5cc6cc7c(cc6cc5cc4cc3cc2c1)-c1cccc2cccc-7c12. The number of benzene rings is 8. The molecule has 0 bridgehead atoms. The maximum absolute atomic E-state index is 2.40. The largest absolute Gasteiger partial charge is 0.0616 e. The van der Waals surface area contributed by atoms with E-state index in [9.17, 15) is 0 Å². The van der Waals surface area contributed by atoms with E-state index in [1.807, 2.05) is 0 Å². The zero-order valence-electron chi connectivity index (χ0n) is 19.5. The molecule has 9 rings (SSSR count). The van der Waals surface area contributed by atoms with Gasteiger partial charge in [-0.25, -0.2) is 0 Å². The van der Waals surface area contributed by atoms with E-state index in [0.717, 1.165) is 0 Å². The van der Waals surface area contributed by atoms with Crippen molar-refractivity contribution in [3.63, 3.8) is 0 Å². The van der Waals surface area contributed by atoms with Gasteiger partial charge < -0.3 is 0 Å². The summed E-state index contributed by atoms with van der Waals surface area (Å²) in [5, 5.41) is 15.7. The Bertz CT molecular complexity index is 2090. The van der Waals surface area contributed by atoms with Gasteiger partial charge in [0.05, 0.1) is 0 Å². The maximum Gasteiger partial charge on any atom is -0.00264 e. The first-order valence-corrected chi connectivity index (χ1v) is 12.6. The summed E-state index contributed by atoms with van der Waals surface area (Å²) in [6.07, 6.45) is 0. The molecule has 8 aromatic rings. The van der Waals surface area contributed by atoms with Crippen LogP contribution in [0.5, 0.6) is 0 Å². The van der Waals surface area contributed by atoms with Crippen LogP contribution in [0.3, 0.4) is 0 Å². The molecule has 0 saturated heterocycles. The first kappa shape index (κ1) is 18.6. The van der Waals surface area contributed by atoms with Gasteiger partial charge in [0, 0.05) is 0 Å². The van der Waals surface area contributed by atoms with Gasteiger partial charge in [-0.05, 0) is 148 Å². The van der Waals surface area contributed by atoms with Gasteiger partial charge in [0.15, 0.2) is 0 Å². The molecule has 0 unspecified atom stereocenters. The van der Waals surface area contributed by atoms with Gasteiger partial charge in [-0.3, -0.25) is 0 Å². The molecule has 0 spiro atoms. The topological polar surface area (TPSA) is 0 Å². The van der Waals surface area contributed by atoms with Crippen LogP contribution >= 0.6 is 0 Å². The molecule has 164 valence electrons. The van der Waals surface area contributed by atoms with E-state index < -0.39 is 0 Å². The fourth-order valence-corrected chi connectivity index (χ4v) is 6.48. The summed E-state index contributed by atoms with van der Waals surface area (Å²) >= 11 is 0. The summed E-state index contributed by atoms with van der Waals surface area (Å²) in [7, 11) is 0. The minimum absolute atomic E-state index is 1.29. The third-order valence-corrected chi connectivity index (χ3v) is 8.19. The predicted octanol–water partition coefficient (Wildman–Crippen LogP) is 10.3. The first-order valence-electron chi connectivity index (χ1n) is 12.6. The molecular weight excluding hydrogens is 432 g/mol. The molecule has 0 saturated carbocycles. The molecule has 1 aliphatic carbocycles. The molecule has 0 amide bonds. The number of rotatable bonds is 0. The Hall–Kier alpha value is -4.68.